The number of methoxy groups -OCH3 is 2. The van der Waals surface area contributed by atoms with Crippen molar-refractivity contribution >= 4 is 11.5 Å². The quantitative estimate of drug-likeness (QED) is 0.385. The molecule has 1 atom stereocenters. The van der Waals surface area contributed by atoms with Crippen molar-refractivity contribution in [3.63, 3.8) is 0 Å². The molecule has 3 aromatic carbocycles. The highest BCUT2D eigenvalue weighted by atomic mass is 16.5. The molecule has 0 amide bonds. The molecule has 0 spiro atoms. The monoisotopic (exact) mass is 527 g/mol. The minimum absolute atomic E-state index is 0.0755. The van der Waals surface area contributed by atoms with Crippen LogP contribution in [0.2, 0.25) is 0 Å². The number of nitrogens with two attached hydrogens (primary N) is 1. The lowest BCUT2D eigenvalue weighted by Gasteiger charge is -2.48. The van der Waals surface area contributed by atoms with Gasteiger partial charge in [-0.15, -0.1) is 0 Å². The van der Waals surface area contributed by atoms with Gasteiger partial charge in [0.1, 0.15) is 5.84 Å². The first-order valence-corrected chi connectivity index (χ1v) is 13.7. The van der Waals surface area contributed by atoms with Gasteiger partial charge in [0.05, 0.1) is 19.9 Å². The van der Waals surface area contributed by atoms with Crippen LogP contribution in [0.25, 0.3) is 0 Å². The molecular formula is C32H41N5O2. The Bertz CT molecular complexity index is 1350. The number of aliphatic imine (C=N–C) groups is 1. The molecule has 206 valence electrons. The van der Waals surface area contributed by atoms with Crippen molar-refractivity contribution in [2.45, 2.75) is 50.9 Å². The van der Waals surface area contributed by atoms with E-state index in [0.717, 1.165) is 50.1 Å². The van der Waals surface area contributed by atoms with E-state index < -0.39 is 5.79 Å². The van der Waals surface area contributed by atoms with E-state index >= 15 is 0 Å². The van der Waals surface area contributed by atoms with Gasteiger partial charge < -0.3 is 20.5 Å². The van der Waals surface area contributed by atoms with Gasteiger partial charge in [0.15, 0.2) is 17.3 Å². The third kappa shape index (κ3) is 5.34. The van der Waals surface area contributed by atoms with Crippen LogP contribution in [0.1, 0.15) is 47.1 Å². The van der Waals surface area contributed by atoms with Crippen LogP contribution >= 0.6 is 0 Å². The Morgan fingerprint density at radius 3 is 2.31 bits per heavy atom. The second kappa shape index (κ2) is 10.9. The van der Waals surface area contributed by atoms with Crippen molar-refractivity contribution < 1.29 is 9.47 Å². The summed E-state index contributed by atoms with van der Waals surface area (Å²) in [5.41, 5.74) is 13.7. The maximum absolute atomic E-state index is 6.60. The highest BCUT2D eigenvalue weighted by molar-refractivity contribution is 6.05. The van der Waals surface area contributed by atoms with Crippen molar-refractivity contribution in [1.82, 2.24) is 10.2 Å². The van der Waals surface area contributed by atoms with E-state index in [-0.39, 0.29) is 5.41 Å². The van der Waals surface area contributed by atoms with Gasteiger partial charge in [0.2, 0.25) is 0 Å². The Hall–Kier alpha value is -3.55. The third-order valence-corrected chi connectivity index (χ3v) is 8.55. The van der Waals surface area contributed by atoms with Gasteiger partial charge in [-0.25, -0.2) is 4.99 Å². The summed E-state index contributed by atoms with van der Waals surface area (Å²) >= 11 is 0. The fraction of sp³-hybridized carbons (Fsp3) is 0.406. The summed E-state index contributed by atoms with van der Waals surface area (Å²) in [6.45, 7) is 7.39. The van der Waals surface area contributed by atoms with E-state index in [1.807, 2.05) is 19.2 Å². The number of aryl methyl sites for hydroxylation is 2. The molecule has 0 saturated carbocycles. The molecule has 5 rings (SSSR count). The largest absolute Gasteiger partial charge is 0.493 e. The van der Waals surface area contributed by atoms with Gasteiger partial charge in [-0.1, -0.05) is 54.1 Å². The number of rotatable bonds is 8. The zero-order valence-corrected chi connectivity index (χ0v) is 23.8. The van der Waals surface area contributed by atoms with Crippen LogP contribution in [-0.2, 0) is 12.0 Å². The van der Waals surface area contributed by atoms with Crippen LogP contribution in [0.15, 0.2) is 65.7 Å². The second-order valence-corrected chi connectivity index (χ2v) is 11.0. The van der Waals surface area contributed by atoms with E-state index in [1.165, 1.54) is 22.3 Å². The molecule has 0 bridgehead atoms. The normalized spacial score (nSPS) is 20.5. The highest BCUT2D eigenvalue weighted by Crippen LogP contribution is 2.45. The van der Waals surface area contributed by atoms with Crippen LogP contribution in [0.5, 0.6) is 11.5 Å². The first kappa shape index (κ1) is 27.0. The maximum atomic E-state index is 6.60. The number of amidine groups is 1. The lowest BCUT2D eigenvalue weighted by molar-refractivity contribution is 0.124. The van der Waals surface area contributed by atoms with E-state index in [1.54, 1.807) is 14.2 Å². The smallest absolute Gasteiger partial charge is 0.187 e. The number of piperidine rings is 1. The Kier molecular flexibility index (Phi) is 7.56. The molecule has 0 aromatic heterocycles. The minimum Gasteiger partial charge on any atom is -0.493 e. The number of hydrogen-bond acceptors (Lipinski definition) is 7. The van der Waals surface area contributed by atoms with Crippen LogP contribution in [0.3, 0.4) is 0 Å². The van der Waals surface area contributed by atoms with Gasteiger partial charge in [-0.05, 0) is 69.6 Å². The first-order valence-electron chi connectivity index (χ1n) is 13.7. The molecule has 2 aliphatic heterocycles. The lowest BCUT2D eigenvalue weighted by atomic mass is 9.68. The zero-order valence-electron chi connectivity index (χ0n) is 23.8. The lowest BCUT2D eigenvalue weighted by Crippen LogP contribution is -2.57. The number of benzene rings is 3. The Morgan fingerprint density at radius 1 is 0.974 bits per heavy atom. The van der Waals surface area contributed by atoms with Crippen LogP contribution in [0.4, 0.5) is 5.69 Å². The van der Waals surface area contributed by atoms with E-state index in [9.17, 15) is 0 Å². The summed E-state index contributed by atoms with van der Waals surface area (Å²) in [5.74, 6) is 1.00. The molecule has 0 aliphatic carbocycles. The Balaban J connectivity index is 1.44. The van der Waals surface area contributed by atoms with E-state index in [0.29, 0.717) is 17.3 Å². The topological polar surface area (TPSA) is 84.1 Å². The second-order valence-electron chi connectivity index (χ2n) is 11.0. The fourth-order valence-corrected chi connectivity index (χ4v) is 6.25. The first-order chi connectivity index (χ1) is 18.8. The Labute approximate surface area is 232 Å². The number of fused-ring (bicyclic) bond motifs is 1. The molecule has 7 heteroatoms. The molecule has 39 heavy (non-hydrogen) atoms. The van der Waals surface area contributed by atoms with Gasteiger partial charge in [0.25, 0.3) is 0 Å². The molecule has 1 saturated heterocycles. The molecular weight excluding hydrogens is 486 g/mol. The van der Waals surface area contributed by atoms with Crippen LogP contribution < -0.4 is 25.8 Å². The minimum atomic E-state index is -0.762. The molecule has 3 aromatic rings. The van der Waals surface area contributed by atoms with Crippen molar-refractivity contribution in [3.05, 3.63) is 88.5 Å². The molecule has 2 aliphatic rings. The fourth-order valence-electron chi connectivity index (χ4n) is 6.25. The van der Waals surface area contributed by atoms with Crippen LogP contribution in [0, 0.1) is 13.8 Å². The SMILES string of the molecule is CNC1(CC2(c3ccccc3)CCN(Cc3ccc(C)cc3C)CC2)N=C(N)c2cc(OC)c(OC)cc2N1. The predicted molar refractivity (Wildman–Crippen MR) is 159 cm³/mol. The highest BCUT2D eigenvalue weighted by Gasteiger charge is 2.45. The van der Waals surface area contributed by atoms with Gasteiger partial charge in [-0.3, -0.25) is 10.2 Å². The van der Waals surface area contributed by atoms with Crippen molar-refractivity contribution in [3.8, 4) is 11.5 Å². The summed E-state index contributed by atoms with van der Waals surface area (Å²) in [5, 5.41) is 7.19. The van der Waals surface area contributed by atoms with E-state index in [2.05, 4.69) is 77.9 Å². The van der Waals surface area contributed by atoms with Gasteiger partial charge in [0, 0.05) is 30.0 Å². The summed E-state index contributed by atoms with van der Waals surface area (Å²) in [7, 11) is 5.22. The summed E-state index contributed by atoms with van der Waals surface area (Å²) in [6, 6.07) is 21.5. The van der Waals surface area contributed by atoms with Crippen molar-refractivity contribution in [1.29, 1.82) is 0 Å². The van der Waals surface area contributed by atoms with Gasteiger partial charge >= 0.3 is 0 Å². The van der Waals surface area contributed by atoms with Gasteiger partial charge in [-0.2, -0.15) is 0 Å². The number of likely N-dealkylation sites (tertiary alicyclic amines) is 1. The summed E-state index contributed by atoms with van der Waals surface area (Å²) in [4.78, 5) is 7.62. The average molecular weight is 528 g/mol. The molecule has 0 radical (unpaired) electrons. The van der Waals surface area contributed by atoms with E-state index in [4.69, 9.17) is 20.2 Å². The third-order valence-electron chi connectivity index (χ3n) is 8.55. The summed E-state index contributed by atoms with van der Waals surface area (Å²) in [6.07, 6.45) is 2.81. The number of nitrogens with one attached hydrogen (secondary N) is 2. The molecule has 2 heterocycles. The van der Waals surface area contributed by atoms with Crippen molar-refractivity contribution in [2.75, 3.05) is 39.7 Å². The predicted octanol–water partition coefficient (Wildman–Crippen LogP) is 4.95. The Morgan fingerprint density at radius 2 is 1.67 bits per heavy atom. The van der Waals surface area contributed by atoms with Crippen molar-refractivity contribution in [2.24, 2.45) is 10.7 Å². The average Bonchev–Trinajstić information content (AvgIpc) is 2.95. The number of anilines is 1. The number of nitrogens with zero attached hydrogens (tertiary/aromatic N) is 2. The summed E-state index contributed by atoms with van der Waals surface area (Å²) < 4.78 is 11.1. The zero-order chi connectivity index (χ0) is 27.6. The molecule has 1 unspecified atom stereocenters. The maximum Gasteiger partial charge on any atom is 0.187 e. The molecule has 7 nitrogen and oxygen atoms in total. The molecule has 4 N–H and O–H groups in total. The number of hydrogen-bond donors (Lipinski definition) is 3. The van der Waals surface area contributed by atoms with Crippen LogP contribution in [-0.4, -0.2) is 50.9 Å². The number of ether oxygens (including phenoxy) is 2. The molecule has 1 fully saturated rings. The standard InChI is InChI=1S/C32H41N5O2/c1-22-11-12-24(23(2)17-22)20-37-15-13-31(14-16-37,25-9-7-6-8-10-25)21-32(34-3)35-27-19-29(39-5)28(38-4)18-26(27)30(33)36-32/h6-12,17-19,34-35H,13-16,20-21H2,1-5H3,(H2,33,36).